The van der Waals surface area contributed by atoms with Gasteiger partial charge in [0.1, 0.15) is 0 Å². The summed E-state index contributed by atoms with van der Waals surface area (Å²) in [6, 6.07) is 4.10. The normalized spacial score (nSPS) is 15.7. The van der Waals surface area contributed by atoms with Gasteiger partial charge >= 0.3 is 0 Å². The summed E-state index contributed by atoms with van der Waals surface area (Å²) < 4.78 is 0. The largest absolute Gasteiger partial charge is 0.335 e. The van der Waals surface area contributed by atoms with E-state index in [1.807, 2.05) is 6.07 Å². The lowest BCUT2D eigenvalue weighted by molar-refractivity contribution is 0.482. The minimum absolute atomic E-state index is 0.737. The van der Waals surface area contributed by atoms with Crippen LogP contribution in [0.15, 0.2) is 17.1 Å². The summed E-state index contributed by atoms with van der Waals surface area (Å²) in [5.74, 6) is 7.35. The molecule has 0 fully saturated rings. The Labute approximate surface area is 99.3 Å². The van der Waals surface area contributed by atoms with E-state index in [0.717, 1.165) is 35.8 Å². The molecule has 0 spiro atoms. The third-order valence-electron chi connectivity index (χ3n) is 3.28. The number of aromatic amines is 1. The molecular weight excluding hydrogens is 214 g/mol. The lowest BCUT2D eigenvalue weighted by Crippen LogP contribution is -2.35. The van der Waals surface area contributed by atoms with E-state index in [-0.39, 0.29) is 0 Å². The molecule has 0 saturated carbocycles. The monoisotopic (exact) mass is 229 g/mol. The summed E-state index contributed by atoms with van der Waals surface area (Å²) in [4.78, 5) is 12.2. The van der Waals surface area contributed by atoms with E-state index in [2.05, 4.69) is 34.9 Å². The molecule has 88 valence electrons. The third kappa shape index (κ3) is 1.51. The van der Waals surface area contributed by atoms with E-state index >= 15 is 0 Å². The van der Waals surface area contributed by atoms with Crippen molar-refractivity contribution in [2.75, 3.05) is 13.1 Å². The van der Waals surface area contributed by atoms with Crippen LogP contribution >= 0.6 is 0 Å². The SMILES string of the molecule is Cc1ccc2nc(C3=NCCN3N)[nH]c2c1C. The highest BCUT2D eigenvalue weighted by Gasteiger charge is 2.19. The van der Waals surface area contributed by atoms with E-state index in [9.17, 15) is 0 Å². The van der Waals surface area contributed by atoms with E-state index < -0.39 is 0 Å². The molecule has 5 nitrogen and oxygen atoms in total. The summed E-state index contributed by atoms with van der Waals surface area (Å²) in [5, 5.41) is 1.64. The van der Waals surface area contributed by atoms with Gasteiger partial charge in [-0.3, -0.25) is 10.0 Å². The van der Waals surface area contributed by atoms with Gasteiger partial charge in [-0.05, 0) is 31.0 Å². The molecule has 0 bridgehead atoms. The van der Waals surface area contributed by atoms with Crippen molar-refractivity contribution in [3.63, 3.8) is 0 Å². The van der Waals surface area contributed by atoms with Gasteiger partial charge in [0.05, 0.1) is 24.1 Å². The summed E-state index contributed by atoms with van der Waals surface area (Å²) >= 11 is 0. The van der Waals surface area contributed by atoms with Crippen LogP contribution in [0.1, 0.15) is 17.0 Å². The molecule has 1 aromatic heterocycles. The first-order valence-electron chi connectivity index (χ1n) is 5.70. The number of hydrazine groups is 1. The van der Waals surface area contributed by atoms with Gasteiger partial charge in [-0.2, -0.15) is 0 Å². The van der Waals surface area contributed by atoms with Gasteiger partial charge in [0.15, 0.2) is 11.7 Å². The highest BCUT2D eigenvalue weighted by atomic mass is 15.5. The molecule has 0 unspecified atom stereocenters. The molecule has 3 N–H and O–H groups in total. The first kappa shape index (κ1) is 10.3. The van der Waals surface area contributed by atoms with Crippen LogP contribution in [0.2, 0.25) is 0 Å². The van der Waals surface area contributed by atoms with Crippen LogP contribution in [0, 0.1) is 13.8 Å². The zero-order valence-electron chi connectivity index (χ0n) is 9.99. The van der Waals surface area contributed by atoms with E-state index in [4.69, 9.17) is 5.84 Å². The fourth-order valence-electron chi connectivity index (χ4n) is 2.10. The highest BCUT2D eigenvalue weighted by Crippen LogP contribution is 2.20. The highest BCUT2D eigenvalue weighted by molar-refractivity contribution is 5.99. The first-order valence-corrected chi connectivity index (χ1v) is 5.70. The third-order valence-corrected chi connectivity index (χ3v) is 3.28. The Kier molecular flexibility index (Phi) is 2.16. The van der Waals surface area contributed by atoms with E-state index in [0.29, 0.717) is 0 Å². The maximum Gasteiger partial charge on any atom is 0.181 e. The number of nitrogens with one attached hydrogen (secondary N) is 1. The van der Waals surface area contributed by atoms with E-state index in [1.54, 1.807) is 5.01 Å². The fraction of sp³-hybridized carbons (Fsp3) is 0.333. The quantitative estimate of drug-likeness (QED) is 0.720. The zero-order valence-corrected chi connectivity index (χ0v) is 9.99. The smallest absolute Gasteiger partial charge is 0.181 e. The summed E-state index contributed by atoms with van der Waals surface area (Å²) in [5.41, 5.74) is 4.52. The molecule has 2 heterocycles. The Morgan fingerprint density at radius 3 is 2.88 bits per heavy atom. The average Bonchev–Trinajstić information content (AvgIpc) is 2.89. The summed E-state index contributed by atoms with van der Waals surface area (Å²) in [7, 11) is 0. The molecule has 5 heteroatoms. The van der Waals surface area contributed by atoms with Crippen molar-refractivity contribution < 1.29 is 0 Å². The molecule has 1 aromatic carbocycles. The molecule has 0 saturated heterocycles. The number of aryl methyl sites for hydroxylation is 2. The van der Waals surface area contributed by atoms with Gasteiger partial charge in [0.2, 0.25) is 0 Å². The van der Waals surface area contributed by atoms with Crippen molar-refractivity contribution >= 4 is 16.9 Å². The molecule has 17 heavy (non-hydrogen) atoms. The number of imidazole rings is 1. The Morgan fingerprint density at radius 1 is 1.35 bits per heavy atom. The molecular formula is C12H15N5. The number of hydrogen-bond donors (Lipinski definition) is 2. The Bertz CT molecular complexity index is 611. The first-order chi connectivity index (χ1) is 8.16. The Morgan fingerprint density at radius 2 is 2.18 bits per heavy atom. The summed E-state index contributed by atoms with van der Waals surface area (Å²) in [6.45, 7) is 5.68. The predicted molar refractivity (Wildman–Crippen MR) is 67.9 cm³/mol. The maximum absolute atomic E-state index is 5.84. The molecule has 1 aliphatic heterocycles. The topological polar surface area (TPSA) is 70.3 Å². The molecule has 0 aliphatic carbocycles. The summed E-state index contributed by atoms with van der Waals surface area (Å²) in [6.07, 6.45) is 0. The minimum atomic E-state index is 0.737. The number of benzene rings is 1. The Balaban J connectivity index is 2.17. The van der Waals surface area contributed by atoms with Crippen molar-refractivity contribution in [2.45, 2.75) is 13.8 Å². The number of H-pyrrole nitrogens is 1. The predicted octanol–water partition coefficient (Wildman–Crippen LogP) is 1.12. The van der Waals surface area contributed by atoms with Gasteiger partial charge in [-0.15, -0.1) is 0 Å². The van der Waals surface area contributed by atoms with Crippen molar-refractivity contribution in [2.24, 2.45) is 10.8 Å². The number of rotatable bonds is 1. The van der Waals surface area contributed by atoms with Gasteiger partial charge in [-0.25, -0.2) is 10.8 Å². The van der Waals surface area contributed by atoms with E-state index in [1.165, 1.54) is 11.1 Å². The number of aliphatic imine (C=N–C) groups is 1. The van der Waals surface area contributed by atoms with Crippen molar-refractivity contribution in [1.82, 2.24) is 15.0 Å². The average molecular weight is 229 g/mol. The molecule has 1 aliphatic rings. The fourth-order valence-corrected chi connectivity index (χ4v) is 2.10. The molecule has 0 radical (unpaired) electrons. The van der Waals surface area contributed by atoms with Gasteiger partial charge in [0.25, 0.3) is 0 Å². The molecule has 3 rings (SSSR count). The number of fused-ring (bicyclic) bond motifs is 1. The maximum atomic E-state index is 5.84. The van der Waals surface area contributed by atoms with Crippen molar-refractivity contribution in [1.29, 1.82) is 0 Å². The molecule has 0 atom stereocenters. The second-order valence-corrected chi connectivity index (χ2v) is 4.39. The second kappa shape index (κ2) is 3.56. The lowest BCUT2D eigenvalue weighted by Gasteiger charge is -2.09. The van der Waals surface area contributed by atoms with Crippen LogP contribution in [0.4, 0.5) is 0 Å². The number of hydrogen-bond acceptors (Lipinski definition) is 4. The van der Waals surface area contributed by atoms with Crippen LogP contribution in [-0.2, 0) is 0 Å². The van der Waals surface area contributed by atoms with Crippen LogP contribution in [0.5, 0.6) is 0 Å². The number of aromatic nitrogens is 2. The van der Waals surface area contributed by atoms with Crippen LogP contribution in [0.25, 0.3) is 11.0 Å². The van der Waals surface area contributed by atoms with Crippen molar-refractivity contribution in [3.05, 3.63) is 29.1 Å². The standard InChI is InChI=1S/C12H15N5/c1-7-3-4-9-10(8(7)2)16-11(15-9)12-14-5-6-17(12)13/h3-4H,5-6,13H2,1-2H3,(H,15,16). The van der Waals surface area contributed by atoms with Gasteiger partial charge in [-0.1, -0.05) is 6.07 Å². The number of nitrogens with zero attached hydrogens (tertiary/aromatic N) is 3. The van der Waals surface area contributed by atoms with Crippen molar-refractivity contribution in [3.8, 4) is 0 Å². The van der Waals surface area contributed by atoms with Crippen LogP contribution < -0.4 is 5.84 Å². The second-order valence-electron chi connectivity index (χ2n) is 4.39. The van der Waals surface area contributed by atoms with Crippen LogP contribution in [0.3, 0.4) is 0 Å². The number of nitrogens with two attached hydrogens (primary N) is 1. The number of amidine groups is 1. The molecule has 2 aromatic rings. The minimum Gasteiger partial charge on any atom is -0.335 e. The van der Waals surface area contributed by atoms with Gasteiger partial charge in [0, 0.05) is 0 Å². The van der Waals surface area contributed by atoms with Gasteiger partial charge < -0.3 is 4.98 Å². The Hall–Kier alpha value is -1.88. The molecule has 0 amide bonds. The zero-order chi connectivity index (χ0) is 12.0. The lowest BCUT2D eigenvalue weighted by atomic mass is 10.1. The van der Waals surface area contributed by atoms with Crippen LogP contribution in [-0.4, -0.2) is 33.9 Å².